The van der Waals surface area contributed by atoms with Gasteiger partial charge >= 0.3 is 0 Å². The van der Waals surface area contributed by atoms with E-state index >= 15 is 0 Å². The smallest absolute Gasteiger partial charge is 0.178 e. The van der Waals surface area contributed by atoms with Crippen LogP contribution >= 0.6 is 11.6 Å². The van der Waals surface area contributed by atoms with Crippen LogP contribution in [0.2, 0.25) is 5.02 Å². The number of Topliss-reactive ketones (excluding diaryl/α,β-unsaturated/α-hetero) is 1. The predicted molar refractivity (Wildman–Crippen MR) is 84.5 cm³/mol. The fraction of sp³-hybridized carbons (Fsp3) is 0.188. The molecule has 0 atom stereocenters. The van der Waals surface area contributed by atoms with Crippen LogP contribution < -0.4 is 0 Å². The van der Waals surface area contributed by atoms with Crippen molar-refractivity contribution in [3.63, 3.8) is 0 Å². The van der Waals surface area contributed by atoms with E-state index < -0.39 is 15.6 Å². The maximum absolute atomic E-state index is 12.1. The highest BCUT2D eigenvalue weighted by molar-refractivity contribution is 7.91. The number of ketones is 1. The van der Waals surface area contributed by atoms with Crippen molar-refractivity contribution in [2.75, 3.05) is 5.75 Å². The number of hydrogen-bond donors (Lipinski definition) is 0. The van der Waals surface area contributed by atoms with Gasteiger partial charge in [0, 0.05) is 10.6 Å². The summed E-state index contributed by atoms with van der Waals surface area (Å²) in [6, 6.07) is 13.6. The normalized spacial score (nSPS) is 11.3. The molecule has 0 spiro atoms. The molecule has 0 aromatic heterocycles. The molecule has 21 heavy (non-hydrogen) atoms. The Hall–Kier alpha value is -1.65. The maximum atomic E-state index is 12.1. The van der Waals surface area contributed by atoms with Crippen molar-refractivity contribution in [3.8, 4) is 0 Å². The van der Waals surface area contributed by atoms with Gasteiger partial charge in [0.2, 0.25) is 0 Å². The van der Waals surface area contributed by atoms with Crippen LogP contribution in [0.3, 0.4) is 0 Å². The molecular weight excluding hydrogens is 308 g/mol. The van der Waals surface area contributed by atoms with Crippen molar-refractivity contribution in [1.29, 1.82) is 0 Å². The first-order chi connectivity index (χ1) is 9.87. The van der Waals surface area contributed by atoms with E-state index in [1.165, 1.54) is 0 Å². The van der Waals surface area contributed by atoms with Crippen molar-refractivity contribution in [3.05, 3.63) is 70.2 Å². The molecule has 3 nitrogen and oxygen atoms in total. The first-order valence-electron chi connectivity index (χ1n) is 6.41. The Labute approximate surface area is 129 Å². The number of hydrogen-bond acceptors (Lipinski definition) is 3. The number of benzene rings is 2. The third-order valence-corrected chi connectivity index (χ3v) is 4.82. The molecule has 0 unspecified atom stereocenters. The van der Waals surface area contributed by atoms with Crippen LogP contribution in [0, 0.1) is 6.92 Å². The first kappa shape index (κ1) is 15.7. The lowest BCUT2D eigenvalue weighted by molar-refractivity contribution is 0.102. The van der Waals surface area contributed by atoms with Gasteiger partial charge in [-0.2, -0.15) is 0 Å². The molecule has 2 aromatic carbocycles. The molecule has 0 N–H and O–H groups in total. The van der Waals surface area contributed by atoms with Crippen LogP contribution in [0.4, 0.5) is 0 Å². The highest BCUT2D eigenvalue weighted by Gasteiger charge is 2.19. The van der Waals surface area contributed by atoms with E-state index in [9.17, 15) is 13.2 Å². The van der Waals surface area contributed by atoms with E-state index in [-0.39, 0.29) is 11.5 Å². The van der Waals surface area contributed by atoms with Crippen molar-refractivity contribution < 1.29 is 13.2 Å². The molecule has 5 heteroatoms. The second-order valence-electron chi connectivity index (χ2n) is 4.90. The predicted octanol–water partition coefficient (Wildman–Crippen LogP) is 3.45. The van der Waals surface area contributed by atoms with Gasteiger partial charge in [0.25, 0.3) is 0 Å². The van der Waals surface area contributed by atoms with Gasteiger partial charge in [-0.3, -0.25) is 4.79 Å². The van der Waals surface area contributed by atoms with Crippen LogP contribution in [0.5, 0.6) is 0 Å². The second kappa shape index (κ2) is 6.41. The van der Waals surface area contributed by atoms with Gasteiger partial charge in [-0.15, -0.1) is 0 Å². The Balaban J connectivity index is 2.12. The van der Waals surface area contributed by atoms with Crippen LogP contribution in [0.15, 0.2) is 48.5 Å². The lowest BCUT2D eigenvalue weighted by atomic mass is 10.1. The number of rotatable bonds is 5. The van der Waals surface area contributed by atoms with E-state index in [4.69, 9.17) is 11.6 Å². The minimum Gasteiger partial charge on any atom is -0.293 e. The number of aryl methyl sites for hydroxylation is 1. The van der Waals surface area contributed by atoms with Crippen LogP contribution in [0.1, 0.15) is 21.5 Å². The van der Waals surface area contributed by atoms with E-state index in [1.807, 2.05) is 6.07 Å². The Bertz CT molecular complexity index is 749. The average Bonchev–Trinajstić information content (AvgIpc) is 2.41. The summed E-state index contributed by atoms with van der Waals surface area (Å²) in [6.07, 6.45) is 0. The molecular formula is C16H15ClO3S. The highest BCUT2D eigenvalue weighted by Crippen LogP contribution is 2.14. The van der Waals surface area contributed by atoms with Crippen molar-refractivity contribution >= 4 is 27.2 Å². The molecule has 0 fully saturated rings. The summed E-state index contributed by atoms with van der Waals surface area (Å²) in [5, 5.41) is 0.548. The molecule has 2 rings (SSSR count). The molecule has 0 amide bonds. The van der Waals surface area contributed by atoms with Gasteiger partial charge in [-0.25, -0.2) is 8.42 Å². The molecule has 2 aromatic rings. The van der Waals surface area contributed by atoms with E-state index in [1.54, 1.807) is 49.4 Å². The Kier molecular flexibility index (Phi) is 4.80. The zero-order chi connectivity index (χ0) is 15.5. The average molecular weight is 323 g/mol. The van der Waals surface area contributed by atoms with Crippen molar-refractivity contribution in [1.82, 2.24) is 0 Å². The summed E-state index contributed by atoms with van der Waals surface area (Å²) >= 11 is 5.76. The SMILES string of the molecule is Cc1ccccc1C(=O)CS(=O)(=O)Cc1ccc(Cl)cc1. The molecule has 110 valence electrons. The molecule has 0 aliphatic rings. The lowest BCUT2D eigenvalue weighted by Gasteiger charge is -2.06. The minimum atomic E-state index is -3.50. The fourth-order valence-corrected chi connectivity index (χ4v) is 3.53. The van der Waals surface area contributed by atoms with E-state index in [0.717, 1.165) is 5.56 Å². The zero-order valence-corrected chi connectivity index (χ0v) is 13.1. The summed E-state index contributed by atoms with van der Waals surface area (Å²) in [5.41, 5.74) is 1.86. The third-order valence-electron chi connectivity index (χ3n) is 3.10. The molecule has 0 aliphatic heterocycles. The summed E-state index contributed by atoms with van der Waals surface area (Å²) in [4.78, 5) is 12.1. The molecule has 0 saturated heterocycles. The minimum absolute atomic E-state index is 0.165. The molecule has 0 heterocycles. The van der Waals surface area contributed by atoms with Gasteiger partial charge in [-0.1, -0.05) is 48.0 Å². The van der Waals surface area contributed by atoms with Crippen LogP contribution in [-0.2, 0) is 15.6 Å². The molecule has 0 radical (unpaired) electrons. The van der Waals surface area contributed by atoms with Crippen molar-refractivity contribution in [2.24, 2.45) is 0 Å². The fourth-order valence-electron chi connectivity index (χ4n) is 2.05. The van der Waals surface area contributed by atoms with Gasteiger partial charge in [0.1, 0.15) is 5.75 Å². The number of carbonyl (C=O) groups is 1. The Morgan fingerprint density at radius 2 is 1.67 bits per heavy atom. The Morgan fingerprint density at radius 3 is 2.29 bits per heavy atom. The molecule has 0 bridgehead atoms. The van der Waals surface area contributed by atoms with Gasteiger partial charge in [0.05, 0.1) is 5.75 Å². The molecule has 0 saturated carbocycles. The van der Waals surface area contributed by atoms with Gasteiger partial charge in [0.15, 0.2) is 15.6 Å². The standard InChI is InChI=1S/C16H15ClO3S/c1-12-4-2-3-5-15(12)16(18)11-21(19,20)10-13-6-8-14(17)9-7-13/h2-9H,10-11H2,1H3. The second-order valence-corrected chi connectivity index (χ2v) is 7.40. The zero-order valence-electron chi connectivity index (χ0n) is 11.5. The summed E-state index contributed by atoms with van der Waals surface area (Å²) < 4.78 is 24.3. The largest absolute Gasteiger partial charge is 0.293 e. The third kappa shape index (κ3) is 4.41. The monoisotopic (exact) mass is 322 g/mol. The quantitative estimate of drug-likeness (QED) is 0.792. The lowest BCUT2D eigenvalue weighted by Crippen LogP contribution is -2.18. The Morgan fingerprint density at radius 1 is 1.05 bits per heavy atom. The summed E-state index contributed by atoms with van der Waals surface area (Å²) in [5.74, 6) is -1.02. The van der Waals surface area contributed by atoms with Crippen LogP contribution in [-0.4, -0.2) is 20.0 Å². The number of halogens is 1. The van der Waals surface area contributed by atoms with E-state index in [0.29, 0.717) is 16.1 Å². The van der Waals surface area contributed by atoms with E-state index in [2.05, 4.69) is 0 Å². The van der Waals surface area contributed by atoms with Crippen LogP contribution in [0.25, 0.3) is 0 Å². The maximum Gasteiger partial charge on any atom is 0.178 e. The topological polar surface area (TPSA) is 51.2 Å². The first-order valence-corrected chi connectivity index (χ1v) is 8.61. The van der Waals surface area contributed by atoms with Gasteiger partial charge in [-0.05, 0) is 30.2 Å². The van der Waals surface area contributed by atoms with Gasteiger partial charge < -0.3 is 0 Å². The summed E-state index contributed by atoms with van der Waals surface area (Å²) in [7, 11) is -3.50. The highest BCUT2D eigenvalue weighted by atomic mass is 35.5. The number of sulfone groups is 1. The number of carbonyl (C=O) groups excluding carboxylic acids is 1. The molecule has 0 aliphatic carbocycles. The van der Waals surface area contributed by atoms with Crippen molar-refractivity contribution in [2.45, 2.75) is 12.7 Å². The summed E-state index contributed by atoms with van der Waals surface area (Å²) in [6.45, 7) is 1.79.